The van der Waals surface area contributed by atoms with Gasteiger partial charge in [-0.15, -0.1) is 0 Å². The number of ether oxygens (including phenoxy) is 2. The summed E-state index contributed by atoms with van der Waals surface area (Å²) in [5.74, 6) is -1.19. The normalized spacial score (nSPS) is 15.1. The fourth-order valence-electron chi connectivity index (χ4n) is 4.13. The van der Waals surface area contributed by atoms with Gasteiger partial charge in [-0.25, -0.2) is 9.59 Å². The third kappa shape index (κ3) is 5.09. The van der Waals surface area contributed by atoms with Crippen LogP contribution in [0.1, 0.15) is 71.5 Å². The highest BCUT2D eigenvalue weighted by Gasteiger charge is 2.31. The number of hydrogen-bond donors (Lipinski definition) is 1. The molecule has 1 aliphatic rings. The van der Waals surface area contributed by atoms with E-state index in [2.05, 4.69) is 5.10 Å². The molecule has 2 aromatic rings. The summed E-state index contributed by atoms with van der Waals surface area (Å²) in [6, 6.07) is 5.75. The van der Waals surface area contributed by atoms with Crippen LogP contribution in [0.3, 0.4) is 0 Å². The van der Waals surface area contributed by atoms with Crippen LogP contribution in [-0.4, -0.2) is 57.9 Å². The minimum absolute atomic E-state index is 0.0414. The van der Waals surface area contributed by atoms with Gasteiger partial charge in [0.15, 0.2) is 5.69 Å². The van der Waals surface area contributed by atoms with Gasteiger partial charge in [-0.2, -0.15) is 5.10 Å². The summed E-state index contributed by atoms with van der Waals surface area (Å²) in [5, 5.41) is 13.2. The average Bonchev–Trinajstić information content (AvgIpc) is 3.32. The second-order valence-corrected chi connectivity index (χ2v) is 7.94. The third-order valence-electron chi connectivity index (χ3n) is 5.92. The Kier molecular flexibility index (Phi) is 7.50. The second-order valence-electron chi connectivity index (χ2n) is 7.94. The number of carbonyl (C=O) groups is 3. The second kappa shape index (κ2) is 10.3. The summed E-state index contributed by atoms with van der Waals surface area (Å²) < 4.78 is 11.7. The highest BCUT2D eigenvalue weighted by atomic mass is 16.5. The summed E-state index contributed by atoms with van der Waals surface area (Å²) in [6.45, 7) is 1.97. The molecule has 9 nitrogen and oxygen atoms in total. The maximum Gasteiger partial charge on any atom is 0.356 e. The van der Waals surface area contributed by atoms with Gasteiger partial charge in [0, 0.05) is 24.3 Å². The molecule has 0 spiro atoms. The number of rotatable bonds is 8. The van der Waals surface area contributed by atoms with Gasteiger partial charge in [-0.05, 0) is 44.0 Å². The molecule has 1 N–H and O–H groups in total. The van der Waals surface area contributed by atoms with Gasteiger partial charge < -0.3 is 19.5 Å². The van der Waals surface area contributed by atoms with E-state index in [0.717, 1.165) is 32.1 Å². The predicted molar refractivity (Wildman–Crippen MR) is 116 cm³/mol. The van der Waals surface area contributed by atoms with Crippen molar-refractivity contribution < 1.29 is 29.0 Å². The van der Waals surface area contributed by atoms with Crippen LogP contribution in [0.25, 0.3) is 0 Å². The maximum absolute atomic E-state index is 13.6. The number of aromatic carboxylic acids is 1. The summed E-state index contributed by atoms with van der Waals surface area (Å²) in [6.07, 6.45) is 6.48. The van der Waals surface area contributed by atoms with Gasteiger partial charge in [0.2, 0.25) is 5.91 Å². The molecule has 32 heavy (non-hydrogen) atoms. The van der Waals surface area contributed by atoms with Gasteiger partial charge in [0.05, 0.1) is 19.8 Å². The molecule has 0 radical (unpaired) electrons. The van der Waals surface area contributed by atoms with Crippen molar-refractivity contribution in [1.29, 1.82) is 0 Å². The van der Waals surface area contributed by atoms with Gasteiger partial charge in [0.25, 0.3) is 0 Å². The number of hydrogen-bond acceptors (Lipinski definition) is 6. The third-order valence-corrected chi connectivity index (χ3v) is 5.92. The number of esters is 1. The number of carbonyl (C=O) groups excluding carboxylic acids is 2. The van der Waals surface area contributed by atoms with Crippen LogP contribution in [0.4, 0.5) is 0 Å². The zero-order valence-electron chi connectivity index (χ0n) is 18.6. The zero-order chi connectivity index (χ0) is 23.3. The SMILES string of the molecule is COC(=O)c1ccc(OC)c(CN(C(=O)C(C)n2ccc(C(=O)O)n2)C2CCCCC2)c1. The molecule has 0 saturated heterocycles. The Morgan fingerprint density at radius 2 is 1.91 bits per heavy atom. The van der Waals surface area contributed by atoms with E-state index >= 15 is 0 Å². The molecule has 1 unspecified atom stereocenters. The van der Waals surface area contributed by atoms with Crippen LogP contribution in [0, 0.1) is 0 Å². The zero-order valence-corrected chi connectivity index (χ0v) is 18.6. The largest absolute Gasteiger partial charge is 0.496 e. The molecule has 1 aliphatic carbocycles. The number of carboxylic acid groups (broad SMARTS) is 1. The van der Waals surface area contributed by atoms with E-state index in [1.54, 1.807) is 32.2 Å². The van der Waals surface area contributed by atoms with Gasteiger partial charge >= 0.3 is 11.9 Å². The lowest BCUT2D eigenvalue weighted by Crippen LogP contribution is -2.44. The molecule has 172 valence electrons. The first-order chi connectivity index (χ1) is 15.3. The highest BCUT2D eigenvalue weighted by Crippen LogP contribution is 2.29. The van der Waals surface area contributed by atoms with Crippen molar-refractivity contribution in [2.24, 2.45) is 0 Å². The smallest absolute Gasteiger partial charge is 0.356 e. The minimum Gasteiger partial charge on any atom is -0.496 e. The lowest BCUT2D eigenvalue weighted by Gasteiger charge is -2.36. The maximum atomic E-state index is 13.6. The Morgan fingerprint density at radius 1 is 1.19 bits per heavy atom. The molecule has 0 bridgehead atoms. The molecule has 9 heteroatoms. The fraction of sp³-hybridized carbons (Fsp3) is 0.478. The molecule has 1 atom stereocenters. The molecule has 1 saturated carbocycles. The van der Waals surface area contributed by atoms with Crippen molar-refractivity contribution in [1.82, 2.24) is 14.7 Å². The van der Waals surface area contributed by atoms with E-state index in [0.29, 0.717) is 16.9 Å². The first-order valence-electron chi connectivity index (χ1n) is 10.7. The first-order valence-corrected chi connectivity index (χ1v) is 10.7. The summed E-state index contributed by atoms with van der Waals surface area (Å²) in [5.41, 5.74) is 0.972. The Balaban J connectivity index is 1.93. The first kappa shape index (κ1) is 23.3. The molecule has 1 aromatic heterocycles. The van der Waals surface area contributed by atoms with E-state index in [-0.39, 0.29) is 24.2 Å². The Labute approximate surface area is 186 Å². The Hall–Kier alpha value is -3.36. The van der Waals surface area contributed by atoms with Crippen molar-refractivity contribution in [3.8, 4) is 5.75 Å². The molecule has 1 heterocycles. The van der Waals surface area contributed by atoms with E-state index in [4.69, 9.17) is 14.6 Å². The molecular formula is C23H29N3O6. The summed E-state index contributed by atoms with van der Waals surface area (Å²) in [4.78, 5) is 38.6. The molecule has 3 rings (SSSR count). The van der Waals surface area contributed by atoms with Crippen molar-refractivity contribution in [3.63, 3.8) is 0 Å². The number of carboxylic acids is 1. The van der Waals surface area contributed by atoms with Crippen LogP contribution in [-0.2, 0) is 16.1 Å². The minimum atomic E-state index is -1.14. The standard InChI is InChI=1S/C23H29N3O6/c1-15(26-12-11-19(24-26)22(28)29)21(27)25(18-7-5-4-6-8-18)14-17-13-16(23(30)32-3)9-10-20(17)31-2/h9-13,15,18H,4-8,14H2,1-3H3,(H,28,29). The predicted octanol–water partition coefficient (Wildman–Crippen LogP) is 3.30. The van der Waals surface area contributed by atoms with Crippen LogP contribution in [0.2, 0.25) is 0 Å². The lowest BCUT2D eigenvalue weighted by atomic mass is 9.93. The molecular weight excluding hydrogens is 414 g/mol. The topological polar surface area (TPSA) is 111 Å². The number of amides is 1. The molecule has 1 amide bonds. The van der Waals surface area contributed by atoms with E-state index in [1.165, 1.54) is 24.1 Å². The summed E-state index contributed by atoms with van der Waals surface area (Å²) in [7, 11) is 2.87. The average molecular weight is 444 g/mol. The highest BCUT2D eigenvalue weighted by molar-refractivity contribution is 5.90. The Bertz CT molecular complexity index is 980. The molecule has 1 aromatic carbocycles. The number of aromatic nitrogens is 2. The van der Waals surface area contributed by atoms with Crippen LogP contribution in [0.15, 0.2) is 30.5 Å². The van der Waals surface area contributed by atoms with Gasteiger partial charge in [-0.3, -0.25) is 9.48 Å². The number of nitrogens with zero attached hydrogens (tertiary/aromatic N) is 3. The number of methoxy groups -OCH3 is 2. The Morgan fingerprint density at radius 3 is 2.50 bits per heavy atom. The van der Waals surface area contributed by atoms with E-state index in [9.17, 15) is 14.4 Å². The van der Waals surface area contributed by atoms with Crippen molar-refractivity contribution in [3.05, 3.63) is 47.3 Å². The van der Waals surface area contributed by atoms with Gasteiger partial charge in [-0.1, -0.05) is 19.3 Å². The quantitative estimate of drug-likeness (QED) is 0.623. The monoisotopic (exact) mass is 443 g/mol. The fourth-order valence-corrected chi connectivity index (χ4v) is 4.13. The van der Waals surface area contributed by atoms with E-state index < -0.39 is 18.0 Å². The lowest BCUT2D eigenvalue weighted by molar-refractivity contribution is -0.138. The van der Waals surface area contributed by atoms with Crippen LogP contribution in [0.5, 0.6) is 5.75 Å². The van der Waals surface area contributed by atoms with Gasteiger partial charge in [0.1, 0.15) is 11.8 Å². The van der Waals surface area contributed by atoms with Crippen LogP contribution >= 0.6 is 0 Å². The van der Waals surface area contributed by atoms with Crippen molar-refractivity contribution in [2.45, 2.75) is 57.7 Å². The van der Waals surface area contributed by atoms with Crippen LogP contribution < -0.4 is 4.74 Å². The van der Waals surface area contributed by atoms with Crippen molar-refractivity contribution in [2.75, 3.05) is 14.2 Å². The van der Waals surface area contributed by atoms with E-state index in [1.807, 2.05) is 4.90 Å². The molecule has 0 aliphatic heterocycles. The summed E-state index contributed by atoms with van der Waals surface area (Å²) >= 11 is 0. The number of benzene rings is 1. The molecule has 1 fully saturated rings. The van der Waals surface area contributed by atoms with Crippen molar-refractivity contribution >= 4 is 17.8 Å².